The number of aryl methyl sites for hydroxylation is 1. The van der Waals surface area contributed by atoms with E-state index in [2.05, 4.69) is 10.3 Å². The van der Waals surface area contributed by atoms with Crippen molar-refractivity contribution in [2.45, 2.75) is 13.5 Å². The standard InChI is InChI=1S/C20H17ClN2O3S/c1-12-23-17(14-5-3-2-4-6-14)19(27-12)20(24)22-11-13-9-15(21)18-16(10-13)25-7-8-26-18/h2-6,9-10H,7-8,11H2,1H3,(H,22,24). The van der Waals surface area contributed by atoms with E-state index in [0.29, 0.717) is 46.9 Å². The number of aromatic nitrogens is 1. The predicted molar refractivity (Wildman–Crippen MR) is 106 cm³/mol. The van der Waals surface area contributed by atoms with Crippen LogP contribution < -0.4 is 14.8 Å². The molecule has 1 aromatic heterocycles. The molecular formula is C20H17ClN2O3S. The topological polar surface area (TPSA) is 60.5 Å². The second-order valence-corrected chi connectivity index (χ2v) is 7.67. The van der Waals surface area contributed by atoms with Gasteiger partial charge in [0, 0.05) is 12.1 Å². The number of halogens is 1. The Balaban J connectivity index is 1.53. The Morgan fingerprint density at radius 3 is 2.81 bits per heavy atom. The highest BCUT2D eigenvalue weighted by molar-refractivity contribution is 7.14. The Morgan fingerprint density at radius 2 is 2.00 bits per heavy atom. The molecule has 0 fully saturated rings. The van der Waals surface area contributed by atoms with Gasteiger partial charge in [-0.2, -0.15) is 0 Å². The van der Waals surface area contributed by atoms with E-state index in [1.165, 1.54) is 11.3 Å². The second kappa shape index (κ2) is 7.58. The number of amides is 1. The van der Waals surface area contributed by atoms with Crippen LogP contribution in [0.2, 0.25) is 5.02 Å². The third-order valence-electron chi connectivity index (χ3n) is 4.10. The highest BCUT2D eigenvalue weighted by Crippen LogP contribution is 2.38. The van der Waals surface area contributed by atoms with Gasteiger partial charge in [-0.15, -0.1) is 11.3 Å². The smallest absolute Gasteiger partial charge is 0.263 e. The average molecular weight is 401 g/mol. The van der Waals surface area contributed by atoms with Gasteiger partial charge in [0.2, 0.25) is 0 Å². The molecule has 0 unspecified atom stereocenters. The summed E-state index contributed by atoms with van der Waals surface area (Å²) in [4.78, 5) is 17.9. The van der Waals surface area contributed by atoms with Crippen LogP contribution >= 0.6 is 22.9 Å². The monoisotopic (exact) mass is 400 g/mol. The fraction of sp³-hybridized carbons (Fsp3) is 0.200. The van der Waals surface area contributed by atoms with Gasteiger partial charge in [0.1, 0.15) is 18.1 Å². The van der Waals surface area contributed by atoms with E-state index in [1.54, 1.807) is 6.07 Å². The van der Waals surface area contributed by atoms with E-state index in [0.717, 1.165) is 16.1 Å². The number of benzene rings is 2. The molecule has 7 heteroatoms. The molecule has 1 aliphatic heterocycles. The van der Waals surface area contributed by atoms with Crippen molar-refractivity contribution in [3.8, 4) is 22.8 Å². The van der Waals surface area contributed by atoms with E-state index in [9.17, 15) is 4.79 Å². The summed E-state index contributed by atoms with van der Waals surface area (Å²) in [7, 11) is 0. The summed E-state index contributed by atoms with van der Waals surface area (Å²) in [6.45, 7) is 3.20. The number of thiazole rings is 1. The molecule has 1 aliphatic rings. The van der Waals surface area contributed by atoms with Crippen molar-refractivity contribution in [1.82, 2.24) is 10.3 Å². The number of carbonyl (C=O) groups excluding carboxylic acids is 1. The lowest BCUT2D eigenvalue weighted by Crippen LogP contribution is -2.23. The molecule has 0 atom stereocenters. The van der Waals surface area contributed by atoms with Crippen molar-refractivity contribution in [1.29, 1.82) is 0 Å². The van der Waals surface area contributed by atoms with Gasteiger partial charge < -0.3 is 14.8 Å². The van der Waals surface area contributed by atoms with Crippen LogP contribution in [0.1, 0.15) is 20.2 Å². The van der Waals surface area contributed by atoms with Gasteiger partial charge in [0.15, 0.2) is 11.5 Å². The lowest BCUT2D eigenvalue weighted by Gasteiger charge is -2.20. The Hall–Kier alpha value is -2.57. The lowest BCUT2D eigenvalue weighted by atomic mass is 10.1. The molecule has 0 aliphatic carbocycles. The molecule has 0 saturated carbocycles. The minimum Gasteiger partial charge on any atom is -0.486 e. The van der Waals surface area contributed by atoms with Crippen molar-refractivity contribution in [2.75, 3.05) is 13.2 Å². The maximum Gasteiger partial charge on any atom is 0.263 e. The van der Waals surface area contributed by atoms with E-state index < -0.39 is 0 Å². The highest BCUT2D eigenvalue weighted by Gasteiger charge is 2.20. The van der Waals surface area contributed by atoms with Crippen LogP contribution in [0.15, 0.2) is 42.5 Å². The molecular weight excluding hydrogens is 384 g/mol. The van der Waals surface area contributed by atoms with E-state index >= 15 is 0 Å². The molecule has 1 N–H and O–H groups in total. The van der Waals surface area contributed by atoms with Gasteiger partial charge in [0.05, 0.1) is 15.7 Å². The Bertz CT molecular complexity index is 988. The molecule has 27 heavy (non-hydrogen) atoms. The van der Waals surface area contributed by atoms with Crippen LogP contribution in [-0.4, -0.2) is 24.1 Å². The minimum atomic E-state index is -0.162. The van der Waals surface area contributed by atoms with Gasteiger partial charge in [-0.25, -0.2) is 4.98 Å². The molecule has 0 radical (unpaired) electrons. The van der Waals surface area contributed by atoms with E-state index in [1.807, 2.05) is 43.3 Å². The molecule has 0 spiro atoms. The Morgan fingerprint density at radius 1 is 1.22 bits per heavy atom. The number of carbonyl (C=O) groups is 1. The van der Waals surface area contributed by atoms with Crippen LogP contribution in [0.5, 0.6) is 11.5 Å². The largest absolute Gasteiger partial charge is 0.486 e. The molecule has 1 amide bonds. The predicted octanol–water partition coefficient (Wildman–Crippen LogP) is 4.47. The molecule has 4 rings (SSSR count). The third kappa shape index (κ3) is 3.77. The molecule has 0 bridgehead atoms. The van der Waals surface area contributed by atoms with Crippen molar-refractivity contribution in [3.05, 3.63) is 62.9 Å². The average Bonchev–Trinajstić information content (AvgIpc) is 3.09. The van der Waals surface area contributed by atoms with Crippen molar-refractivity contribution >= 4 is 28.8 Å². The van der Waals surface area contributed by atoms with Gasteiger partial charge in [-0.3, -0.25) is 4.79 Å². The number of hydrogen-bond acceptors (Lipinski definition) is 5. The first-order valence-corrected chi connectivity index (χ1v) is 9.70. The van der Waals surface area contributed by atoms with Gasteiger partial charge in [-0.1, -0.05) is 41.9 Å². The minimum absolute atomic E-state index is 0.162. The fourth-order valence-corrected chi connectivity index (χ4v) is 4.05. The van der Waals surface area contributed by atoms with Gasteiger partial charge in [0.25, 0.3) is 5.91 Å². The summed E-state index contributed by atoms with van der Waals surface area (Å²) in [5.41, 5.74) is 2.48. The summed E-state index contributed by atoms with van der Waals surface area (Å²) in [5.74, 6) is 1.00. The van der Waals surface area contributed by atoms with Crippen LogP contribution in [0.4, 0.5) is 0 Å². The molecule has 2 aromatic carbocycles. The molecule has 3 aromatic rings. The van der Waals surface area contributed by atoms with E-state index in [-0.39, 0.29) is 5.91 Å². The zero-order valence-electron chi connectivity index (χ0n) is 14.6. The number of hydrogen-bond donors (Lipinski definition) is 1. The van der Waals surface area contributed by atoms with Crippen LogP contribution in [-0.2, 0) is 6.54 Å². The van der Waals surface area contributed by atoms with Crippen LogP contribution in [0, 0.1) is 6.92 Å². The highest BCUT2D eigenvalue weighted by atomic mass is 35.5. The summed E-state index contributed by atoms with van der Waals surface area (Å²) >= 11 is 7.65. The first kappa shape index (κ1) is 17.8. The SMILES string of the molecule is Cc1nc(-c2ccccc2)c(C(=O)NCc2cc(Cl)c3c(c2)OCCO3)s1. The first-order valence-electron chi connectivity index (χ1n) is 8.51. The second-order valence-electron chi connectivity index (χ2n) is 6.06. The maximum absolute atomic E-state index is 12.8. The molecule has 2 heterocycles. The number of nitrogens with zero attached hydrogens (tertiary/aromatic N) is 1. The van der Waals surface area contributed by atoms with Crippen molar-refractivity contribution in [2.24, 2.45) is 0 Å². The Kier molecular flexibility index (Phi) is 5.01. The quantitative estimate of drug-likeness (QED) is 0.701. The summed E-state index contributed by atoms with van der Waals surface area (Å²) in [5, 5.41) is 4.28. The summed E-state index contributed by atoms with van der Waals surface area (Å²) in [6.07, 6.45) is 0. The maximum atomic E-state index is 12.8. The summed E-state index contributed by atoms with van der Waals surface area (Å²) < 4.78 is 11.1. The third-order valence-corrected chi connectivity index (χ3v) is 5.35. The number of fused-ring (bicyclic) bond motifs is 1. The number of nitrogens with one attached hydrogen (secondary N) is 1. The normalized spacial score (nSPS) is 12.7. The van der Waals surface area contributed by atoms with Crippen molar-refractivity contribution in [3.63, 3.8) is 0 Å². The first-order chi connectivity index (χ1) is 13.1. The van der Waals surface area contributed by atoms with E-state index in [4.69, 9.17) is 21.1 Å². The molecule has 138 valence electrons. The van der Waals surface area contributed by atoms with Gasteiger partial charge >= 0.3 is 0 Å². The van der Waals surface area contributed by atoms with Crippen LogP contribution in [0.25, 0.3) is 11.3 Å². The molecule has 5 nitrogen and oxygen atoms in total. The Labute approximate surface area is 165 Å². The zero-order chi connectivity index (χ0) is 18.8. The van der Waals surface area contributed by atoms with Crippen LogP contribution in [0.3, 0.4) is 0 Å². The van der Waals surface area contributed by atoms with Gasteiger partial charge in [-0.05, 0) is 24.6 Å². The number of ether oxygens (including phenoxy) is 2. The fourth-order valence-electron chi connectivity index (χ4n) is 2.90. The molecule has 0 saturated heterocycles. The number of rotatable bonds is 4. The van der Waals surface area contributed by atoms with Crippen molar-refractivity contribution < 1.29 is 14.3 Å². The lowest BCUT2D eigenvalue weighted by molar-refractivity contribution is 0.0955. The zero-order valence-corrected chi connectivity index (χ0v) is 16.2. The summed E-state index contributed by atoms with van der Waals surface area (Å²) in [6, 6.07) is 13.3.